The van der Waals surface area contributed by atoms with Crippen molar-refractivity contribution in [3.8, 4) is 5.75 Å². The summed E-state index contributed by atoms with van der Waals surface area (Å²) in [6.45, 7) is 6.00. The fourth-order valence-corrected chi connectivity index (χ4v) is 3.30. The third-order valence-corrected chi connectivity index (χ3v) is 4.76. The molecular formula is C20H32N2O3. The van der Waals surface area contributed by atoms with Gasteiger partial charge in [0.1, 0.15) is 5.75 Å². The van der Waals surface area contributed by atoms with Gasteiger partial charge in [0.15, 0.2) is 0 Å². The van der Waals surface area contributed by atoms with Gasteiger partial charge in [0.2, 0.25) is 5.91 Å². The van der Waals surface area contributed by atoms with Gasteiger partial charge in [0.25, 0.3) is 0 Å². The van der Waals surface area contributed by atoms with E-state index in [-0.39, 0.29) is 12.0 Å². The van der Waals surface area contributed by atoms with Crippen LogP contribution in [-0.2, 0) is 11.3 Å². The Morgan fingerprint density at radius 3 is 2.68 bits per heavy atom. The average Bonchev–Trinajstić information content (AvgIpc) is 2.60. The van der Waals surface area contributed by atoms with Crippen molar-refractivity contribution < 1.29 is 14.6 Å². The molecule has 1 fully saturated rings. The average molecular weight is 348 g/mol. The lowest BCUT2D eigenvalue weighted by Gasteiger charge is -2.35. The van der Waals surface area contributed by atoms with Crippen molar-refractivity contribution in [2.45, 2.75) is 58.2 Å². The molecule has 25 heavy (non-hydrogen) atoms. The van der Waals surface area contributed by atoms with E-state index in [1.165, 1.54) is 0 Å². The monoisotopic (exact) mass is 348 g/mol. The SMILES string of the molecule is COc1cccc(CN(CC(=O)NCC(C)C)C2CCC(O)CC2)c1. The number of methoxy groups -OCH3 is 1. The van der Waals surface area contributed by atoms with E-state index in [9.17, 15) is 9.90 Å². The first-order chi connectivity index (χ1) is 12.0. The summed E-state index contributed by atoms with van der Waals surface area (Å²) in [6.07, 6.45) is 3.30. The van der Waals surface area contributed by atoms with Crippen LogP contribution in [0.4, 0.5) is 0 Å². The van der Waals surface area contributed by atoms with Gasteiger partial charge in [-0.1, -0.05) is 26.0 Å². The second kappa shape index (κ2) is 9.78. The minimum absolute atomic E-state index is 0.0720. The molecule has 0 bridgehead atoms. The minimum Gasteiger partial charge on any atom is -0.497 e. The summed E-state index contributed by atoms with van der Waals surface area (Å²) in [5.41, 5.74) is 1.14. The van der Waals surface area contributed by atoms with E-state index in [0.717, 1.165) is 37.0 Å². The molecule has 0 heterocycles. The number of nitrogens with one attached hydrogen (secondary N) is 1. The fourth-order valence-electron chi connectivity index (χ4n) is 3.30. The van der Waals surface area contributed by atoms with E-state index >= 15 is 0 Å². The topological polar surface area (TPSA) is 61.8 Å². The number of hydrogen-bond acceptors (Lipinski definition) is 4. The van der Waals surface area contributed by atoms with Gasteiger partial charge in [0, 0.05) is 19.1 Å². The standard InChI is InChI=1S/C20H32N2O3/c1-15(2)12-21-20(24)14-22(17-7-9-18(23)10-8-17)13-16-5-4-6-19(11-16)25-3/h4-6,11,15,17-18,23H,7-10,12-14H2,1-3H3,(H,21,24). The van der Waals surface area contributed by atoms with Crippen LogP contribution in [-0.4, -0.2) is 48.3 Å². The molecule has 1 saturated carbocycles. The zero-order chi connectivity index (χ0) is 18.2. The largest absolute Gasteiger partial charge is 0.497 e. The van der Waals surface area contributed by atoms with Crippen molar-refractivity contribution in [3.05, 3.63) is 29.8 Å². The number of aliphatic hydroxyl groups is 1. The lowest BCUT2D eigenvalue weighted by Crippen LogP contribution is -2.45. The number of benzene rings is 1. The van der Waals surface area contributed by atoms with Crippen molar-refractivity contribution in [2.75, 3.05) is 20.2 Å². The Morgan fingerprint density at radius 1 is 1.32 bits per heavy atom. The predicted octanol–water partition coefficient (Wildman–Crippen LogP) is 2.57. The second-order valence-corrected chi connectivity index (χ2v) is 7.42. The molecule has 1 amide bonds. The van der Waals surface area contributed by atoms with Crippen LogP contribution in [0.3, 0.4) is 0 Å². The summed E-state index contributed by atoms with van der Waals surface area (Å²) in [7, 11) is 1.67. The maximum Gasteiger partial charge on any atom is 0.234 e. The summed E-state index contributed by atoms with van der Waals surface area (Å²) in [4.78, 5) is 14.6. The van der Waals surface area contributed by atoms with Crippen molar-refractivity contribution in [2.24, 2.45) is 5.92 Å². The van der Waals surface area contributed by atoms with Crippen LogP contribution in [0.25, 0.3) is 0 Å². The number of hydrogen-bond donors (Lipinski definition) is 2. The molecule has 1 aliphatic rings. The van der Waals surface area contributed by atoms with Crippen LogP contribution in [0, 0.1) is 5.92 Å². The third kappa shape index (κ3) is 6.67. The van der Waals surface area contributed by atoms with E-state index < -0.39 is 0 Å². The maximum atomic E-state index is 12.4. The number of nitrogens with zero attached hydrogens (tertiary/aromatic N) is 1. The highest BCUT2D eigenvalue weighted by molar-refractivity contribution is 5.78. The molecule has 1 aliphatic carbocycles. The second-order valence-electron chi connectivity index (χ2n) is 7.42. The Bertz CT molecular complexity index is 539. The first-order valence-corrected chi connectivity index (χ1v) is 9.29. The number of rotatable bonds is 8. The Morgan fingerprint density at radius 2 is 2.04 bits per heavy atom. The summed E-state index contributed by atoms with van der Waals surface area (Å²) >= 11 is 0. The number of carbonyl (C=O) groups excluding carboxylic acids is 1. The molecule has 140 valence electrons. The van der Waals surface area contributed by atoms with Gasteiger partial charge in [-0.3, -0.25) is 9.69 Å². The first kappa shape index (κ1) is 19.7. The summed E-state index contributed by atoms with van der Waals surface area (Å²) in [6, 6.07) is 8.34. The normalized spacial score (nSPS) is 20.7. The molecule has 2 N–H and O–H groups in total. The van der Waals surface area contributed by atoms with Gasteiger partial charge in [-0.15, -0.1) is 0 Å². The lowest BCUT2D eigenvalue weighted by molar-refractivity contribution is -0.123. The van der Waals surface area contributed by atoms with E-state index in [1.807, 2.05) is 18.2 Å². The molecule has 0 radical (unpaired) electrons. The number of ether oxygens (including phenoxy) is 1. The highest BCUT2D eigenvalue weighted by Crippen LogP contribution is 2.25. The zero-order valence-electron chi connectivity index (χ0n) is 15.7. The number of amides is 1. The van der Waals surface area contributed by atoms with Gasteiger partial charge in [-0.25, -0.2) is 0 Å². The smallest absolute Gasteiger partial charge is 0.234 e. The lowest BCUT2D eigenvalue weighted by atomic mass is 9.91. The van der Waals surface area contributed by atoms with E-state index in [2.05, 4.69) is 30.1 Å². The Kier molecular flexibility index (Phi) is 7.72. The number of aliphatic hydroxyl groups excluding tert-OH is 1. The first-order valence-electron chi connectivity index (χ1n) is 9.29. The summed E-state index contributed by atoms with van der Waals surface area (Å²) in [5.74, 6) is 1.35. The maximum absolute atomic E-state index is 12.4. The van der Waals surface area contributed by atoms with Crippen LogP contribution in [0.5, 0.6) is 5.75 Å². The number of carbonyl (C=O) groups is 1. The van der Waals surface area contributed by atoms with Crippen LogP contribution in [0.1, 0.15) is 45.1 Å². The Hall–Kier alpha value is -1.59. The highest BCUT2D eigenvalue weighted by atomic mass is 16.5. The summed E-state index contributed by atoms with van der Waals surface area (Å²) in [5, 5.41) is 12.8. The third-order valence-electron chi connectivity index (χ3n) is 4.76. The van der Waals surface area contributed by atoms with Crippen LogP contribution >= 0.6 is 0 Å². The van der Waals surface area contributed by atoms with E-state index in [1.54, 1.807) is 7.11 Å². The predicted molar refractivity (Wildman–Crippen MR) is 99.5 cm³/mol. The Balaban J connectivity index is 2.04. The quantitative estimate of drug-likeness (QED) is 0.758. The molecule has 0 aliphatic heterocycles. The van der Waals surface area contributed by atoms with Crippen LogP contribution < -0.4 is 10.1 Å². The van der Waals surface area contributed by atoms with Gasteiger partial charge in [-0.2, -0.15) is 0 Å². The molecule has 0 spiro atoms. The van der Waals surface area contributed by atoms with Gasteiger partial charge in [-0.05, 0) is 49.3 Å². The van der Waals surface area contributed by atoms with Gasteiger partial charge in [0.05, 0.1) is 19.8 Å². The molecule has 0 atom stereocenters. The molecule has 0 aromatic heterocycles. The van der Waals surface area contributed by atoms with Crippen molar-refractivity contribution in [1.82, 2.24) is 10.2 Å². The molecule has 5 nitrogen and oxygen atoms in total. The van der Waals surface area contributed by atoms with Gasteiger partial charge < -0.3 is 15.2 Å². The molecule has 1 aromatic rings. The van der Waals surface area contributed by atoms with Crippen molar-refractivity contribution in [1.29, 1.82) is 0 Å². The molecule has 0 unspecified atom stereocenters. The molecule has 1 aromatic carbocycles. The Labute approximate surface area is 151 Å². The van der Waals surface area contributed by atoms with E-state index in [4.69, 9.17) is 4.74 Å². The minimum atomic E-state index is -0.190. The van der Waals surface area contributed by atoms with Crippen LogP contribution in [0.2, 0.25) is 0 Å². The van der Waals surface area contributed by atoms with Crippen LogP contribution in [0.15, 0.2) is 24.3 Å². The van der Waals surface area contributed by atoms with Gasteiger partial charge >= 0.3 is 0 Å². The highest BCUT2D eigenvalue weighted by Gasteiger charge is 2.26. The fraction of sp³-hybridized carbons (Fsp3) is 0.650. The molecule has 2 rings (SSSR count). The molecule has 5 heteroatoms. The molecule has 0 saturated heterocycles. The van der Waals surface area contributed by atoms with Crippen molar-refractivity contribution in [3.63, 3.8) is 0 Å². The zero-order valence-corrected chi connectivity index (χ0v) is 15.7. The molecular weight excluding hydrogens is 316 g/mol. The van der Waals surface area contributed by atoms with Crippen molar-refractivity contribution >= 4 is 5.91 Å². The van der Waals surface area contributed by atoms with E-state index in [0.29, 0.717) is 31.6 Å². The summed E-state index contributed by atoms with van der Waals surface area (Å²) < 4.78 is 5.31.